The lowest BCUT2D eigenvalue weighted by molar-refractivity contribution is -0.125. The van der Waals surface area contributed by atoms with Crippen LogP contribution in [0.4, 0.5) is 0 Å². The minimum atomic E-state index is 0.0118. The molecule has 0 bridgehead atoms. The van der Waals surface area contributed by atoms with Crippen molar-refractivity contribution in [1.82, 2.24) is 10.2 Å². The largest absolute Gasteiger partial charge is 0.383 e. The fourth-order valence-electron chi connectivity index (χ4n) is 3.64. The minimum absolute atomic E-state index is 0.0118. The van der Waals surface area contributed by atoms with Crippen molar-refractivity contribution in [3.05, 3.63) is 21.4 Å². The third-order valence-electron chi connectivity index (χ3n) is 5.34. The molecule has 3 rings (SSSR count). The third kappa shape index (κ3) is 4.42. The number of carbonyl (C=O) groups excluding carboxylic acids is 2. The number of hydrogen-bond acceptors (Lipinski definition) is 4. The van der Waals surface area contributed by atoms with Gasteiger partial charge in [-0.05, 0) is 49.7 Å². The molecule has 2 heterocycles. The molecule has 1 saturated heterocycles. The second-order valence-electron chi connectivity index (χ2n) is 7.26. The quantitative estimate of drug-likeness (QED) is 0.817. The van der Waals surface area contributed by atoms with E-state index in [2.05, 4.69) is 12.2 Å². The second kappa shape index (κ2) is 8.32. The fraction of sp³-hybridized carbons (Fsp3) is 0.684. The molecule has 5 nitrogen and oxygen atoms in total. The summed E-state index contributed by atoms with van der Waals surface area (Å²) >= 11 is 1.63. The van der Waals surface area contributed by atoms with E-state index in [-0.39, 0.29) is 17.7 Å². The number of ether oxygens (including phenoxy) is 1. The molecule has 1 fully saturated rings. The van der Waals surface area contributed by atoms with Gasteiger partial charge in [-0.3, -0.25) is 9.59 Å². The van der Waals surface area contributed by atoms with Crippen LogP contribution in [-0.2, 0) is 22.4 Å². The first-order valence-corrected chi connectivity index (χ1v) is 10.1. The Morgan fingerprint density at radius 3 is 2.80 bits per heavy atom. The molecule has 138 valence electrons. The smallest absolute Gasteiger partial charge is 0.263 e. The van der Waals surface area contributed by atoms with E-state index in [9.17, 15) is 9.59 Å². The highest BCUT2D eigenvalue weighted by molar-refractivity contribution is 7.14. The van der Waals surface area contributed by atoms with Crippen molar-refractivity contribution < 1.29 is 14.3 Å². The molecule has 1 aliphatic heterocycles. The number of thiophene rings is 1. The van der Waals surface area contributed by atoms with E-state index < -0.39 is 0 Å². The number of carbonyl (C=O) groups is 2. The van der Waals surface area contributed by atoms with Gasteiger partial charge in [0.25, 0.3) is 5.91 Å². The topological polar surface area (TPSA) is 58.6 Å². The Morgan fingerprint density at radius 2 is 2.08 bits per heavy atom. The van der Waals surface area contributed by atoms with Crippen LogP contribution in [0.1, 0.15) is 46.3 Å². The van der Waals surface area contributed by atoms with E-state index in [0.717, 1.165) is 56.0 Å². The summed E-state index contributed by atoms with van der Waals surface area (Å²) in [5.41, 5.74) is 1.19. The predicted octanol–water partition coefficient (Wildman–Crippen LogP) is 2.49. The third-order valence-corrected chi connectivity index (χ3v) is 6.57. The number of hydrogen-bond donors (Lipinski definition) is 1. The van der Waals surface area contributed by atoms with E-state index in [1.165, 1.54) is 10.4 Å². The van der Waals surface area contributed by atoms with E-state index in [0.29, 0.717) is 13.2 Å². The van der Waals surface area contributed by atoms with Crippen molar-refractivity contribution in [2.24, 2.45) is 11.8 Å². The van der Waals surface area contributed by atoms with Crippen LogP contribution >= 0.6 is 11.3 Å². The zero-order valence-corrected chi connectivity index (χ0v) is 16.0. The lowest BCUT2D eigenvalue weighted by atomic mass is 9.87. The molecule has 0 aromatic carbocycles. The van der Waals surface area contributed by atoms with Crippen molar-refractivity contribution in [2.75, 3.05) is 33.4 Å². The van der Waals surface area contributed by atoms with Gasteiger partial charge in [0.15, 0.2) is 0 Å². The first-order valence-electron chi connectivity index (χ1n) is 9.26. The van der Waals surface area contributed by atoms with Crippen molar-refractivity contribution in [2.45, 2.75) is 39.0 Å². The SMILES string of the molecule is COCCNC(=O)[C@H]1CCc2sc(C(=O)N3CCC(C)CC3)cc2C1. The lowest BCUT2D eigenvalue weighted by Crippen LogP contribution is -2.37. The summed E-state index contributed by atoms with van der Waals surface area (Å²) in [5, 5.41) is 2.93. The normalized spacial score (nSPS) is 21.0. The van der Waals surface area contributed by atoms with Crippen molar-refractivity contribution in [3.63, 3.8) is 0 Å². The Hall–Kier alpha value is -1.40. The summed E-state index contributed by atoms with van der Waals surface area (Å²) in [6.07, 6.45) is 4.70. The second-order valence-corrected chi connectivity index (χ2v) is 8.39. The van der Waals surface area contributed by atoms with Crippen molar-refractivity contribution >= 4 is 23.2 Å². The molecule has 2 amide bonds. The molecule has 0 unspecified atom stereocenters. The van der Waals surface area contributed by atoms with Crippen LogP contribution in [0, 0.1) is 11.8 Å². The van der Waals surface area contributed by atoms with Gasteiger partial charge in [0.2, 0.25) is 5.91 Å². The summed E-state index contributed by atoms with van der Waals surface area (Å²) in [5.74, 6) is 1.01. The Kier molecular flexibility index (Phi) is 6.12. The highest BCUT2D eigenvalue weighted by Gasteiger charge is 2.29. The van der Waals surface area contributed by atoms with E-state index in [1.807, 2.05) is 11.0 Å². The highest BCUT2D eigenvalue weighted by atomic mass is 32.1. The van der Waals surface area contributed by atoms with Gasteiger partial charge in [-0.25, -0.2) is 0 Å². The van der Waals surface area contributed by atoms with Gasteiger partial charge in [-0.2, -0.15) is 0 Å². The van der Waals surface area contributed by atoms with Gasteiger partial charge in [-0.1, -0.05) is 6.92 Å². The number of rotatable bonds is 5. The molecule has 25 heavy (non-hydrogen) atoms. The summed E-state index contributed by atoms with van der Waals surface area (Å²) < 4.78 is 4.97. The maximum Gasteiger partial charge on any atom is 0.263 e. The zero-order valence-electron chi connectivity index (χ0n) is 15.2. The van der Waals surface area contributed by atoms with Crippen LogP contribution in [-0.4, -0.2) is 50.1 Å². The molecule has 1 N–H and O–H groups in total. The Morgan fingerprint density at radius 1 is 1.32 bits per heavy atom. The van der Waals surface area contributed by atoms with Gasteiger partial charge in [0.1, 0.15) is 0 Å². The first-order chi connectivity index (χ1) is 12.1. The van der Waals surface area contributed by atoms with Crippen LogP contribution in [0.5, 0.6) is 0 Å². The number of nitrogens with one attached hydrogen (secondary N) is 1. The van der Waals surface area contributed by atoms with Gasteiger partial charge < -0.3 is 15.0 Å². The van der Waals surface area contributed by atoms with Gasteiger partial charge in [-0.15, -0.1) is 11.3 Å². The minimum Gasteiger partial charge on any atom is -0.383 e. The summed E-state index contributed by atoms with van der Waals surface area (Å²) in [7, 11) is 1.63. The Balaban J connectivity index is 1.60. The van der Waals surface area contributed by atoms with E-state index in [4.69, 9.17) is 4.74 Å². The van der Waals surface area contributed by atoms with Crippen LogP contribution in [0.3, 0.4) is 0 Å². The number of nitrogens with zero attached hydrogens (tertiary/aromatic N) is 1. The van der Waals surface area contributed by atoms with Crippen LogP contribution in [0.2, 0.25) is 0 Å². The number of fused-ring (bicyclic) bond motifs is 1. The molecular weight excluding hydrogens is 336 g/mol. The molecule has 0 saturated carbocycles. The number of methoxy groups -OCH3 is 1. The van der Waals surface area contributed by atoms with Gasteiger partial charge in [0, 0.05) is 37.5 Å². The van der Waals surface area contributed by atoms with Gasteiger partial charge >= 0.3 is 0 Å². The Bertz CT molecular complexity index is 620. The zero-order chi connectivity index (χ0) is 17.8. The van der Waals surface area contributed by atoms with Crippen LogP contribution in [0.15, 0.2) is 6.07 Å². The standard InChI is InChI=1S/C19H28N2O3S/c1-13-5-8-21(9-6-13)19(23)17-12-15-11-14(3-4-16(15)25-17)18(22)20-7-10-24-2/h12-14H,3-11H2,1-2H3,(H,20,22)/t14-/m0/s1. The highest BCUT2D eigenvalue weighted by Crippen LogP contribution is 2.33. The summed E-state index contributed by atoms with van der Waals surface area (Å²) in [4.78, 5) is 29.1. The van der Waals surface area contributed by atoms with Gasteiger partial charge in [0.05, 0.1) is 11.5 Å². The molecule has 2 aliphatic rings. The van der Waals surface area contributed by atoms with Crippen molar-refractivity contribution in [1.29, 1.82) is 0 Å². The summed E-state index contributed by atoms with van der Waals surface area (Å²) in [6, 6.07) is 2.04. The molecule has 6 heteroatoms. The summed E-state index contributed by atoms with van der Waals surface area (Å²) in [6.45, 7) is 5.08. The number of piperidine rings is 1. The van der Waals surface area contributed by atoms with Crippen LogP contribution < -0.4 is 5.32 Å². The molecule has 1 aliphatic carbocycles. The monoisotopic (exact) mass is 364 g/mol. The molecule has 0 radical (unpaired) electrons. The molecule has 1 aromatic heterocycles. The van der Waals surface area contributed by atoms with Crippen LogP contribution in [0.25, 0.3) is 0 Å². The average Bonchev–Trinajstić information content (AvgIpc) is 3.05. The molecule has 1 atom stereocenters. The first kappa shape index (κ1) is 18.4. The van der Waals surface area contributed by atoms with Crippen molar-refractivity contribution in [3.8, 4) is 0 Å². The molecular formula is C19H28N2O3S. The number of amides is 2. The number of aryl methyl sites for hydroxylation is 1. The molecule has 1 aromatic rings. The van der Waals surface area contributed by atoms with E-state index in [1.54, 1.807) is 18.4 Å². The number of likely N-dealkylation sites (tertiary alicyclic amines) is 1. The lowest BCUT2D eigenvalue weighted by Gasteiger charge is -2.29. The van der Waals surface area contributed by atoms with E-state index >= 15 is 0 Å². The predicted molar refractivity (Wildman–Crippen MR) is 99.0 cm³/mol. The Labute approximate surface area is 153 Å². The maximum absolute atomic E-state index is 12.8. The molecule has 0 spiro atoms. The average molecular weight is 365 g/mol. The maximum atomic E-state index is 12.8. The fourth-order valence-corrected chi connectivity index (χ4v) is 4.82.